The van der Waals surface area contributed by atoms with Crippen molar-refractivity contribution in [1.82, 2.24) is 4.90 Å². The molecular weight excluding hydrogens is 634 g/mol. The molecule has 47 heavy (non-hydrogen) atoms. The Kier molecular flexibility index (Phi) is 11.5. The summed E-state index contributed by atoms with van der Waals surface area (Å²) in [5, 5.41) is 11.6. The van der Waals surface area contributed by atoms with Gasteiger partial charge in [-0.05, 0) is 96.8 Å². The van der Waals surface area contributed by atoms with Crippen molar-refractivity contribution >= 4 is 27.4 Å². The quantitative estimate of drug-likeness (QED) is 0.120. The highest BCUT2D eigenvalue weighted by atomic mass is 35.5. The number of carbonyl (C=O) groups is 1. The fraction of sp³-hybridized carbons (Fsp3) is 0.184. The van der Waals surface area contributed by atoms with Crippen LogP contribution in [0.1, 0.15) is 40.1 Å². The Hall–Kier alpha value is -4.47. The Morgan fingerprint density at radius 1 is 0.787 bits per heavy atom. The Morgan fingerprint density at radius 2 is 1.51 bits per heavy atom. The molecule has 0 amide bonds. The topological polar surface area (TPSA) is 93.1 Å². The summed E-state index contributed by atoms with van der Waals surface area (Å²) in [6.45, 7) is 3.74. The molecule has 9 heteroatoms. The molecular formula is C38H36ClNO6S. The van der Waals surface area contributed by atoms with E-state index in [-0.39, 0.29) is 16.4 Å². The second kappa shape index (κ2) is 15.9. The van der Waals surface area contributed by atoms with E-state index in [1.165, 1.54) is 12.1 Å². The van der Waals surface area contributed by atoms with Gasteiger partial charge in [0.1, 0.15) is 11.5 Å². The monoisotopic (exact) mass is 669 g/mol. The molecule has 5 rings (SSSR count). The maximum atomic E-state index is 13.5. The smallest absolute Gasteiger partial charge is 0.338 e. The third-order valence-electron chi connectivity index (χ3n) is 7.58. The molecule has 0 saturated heterocycles. The van der Waals surface area contributed by atoms with E-state index in [4.69, 9.17) is 21.1 Å². The van der Waals surface area contributed by atoms with Crippen LogP contribution >= 0.6 is 11.6 Å². The molecule has 0 aromatic heterocycles. The van der Waals surface area contributed by atoms with Crippen LogP contribution in [0.4, 0.5) is 0 Å². The van der Waals surface area contributed by atoms with Crippen molar-refractivity contribution in [2.45, 2.75) is 35.8 Å². The van der Waals surface area contributed by atoms with Gasteiger partial charge in [-0.15, -0.1) is 0 Å². The summed E-state index contributed by atoms with van der Waals surface area (Å²) < 4.78 is 37.9. The van der Waals surface area contributed by atoms with Crippen LogP contribution in [0.15, 0.2) is 137 Å². The van der Waals surface area contributed by atoms with E-state index in [0.29, 0.717) is 48.1 Å². The van der Waals surface area contributed by atoms with Crippen LogP contribution in [0.2, 0.25) is 5.02 Å². The molecule has 1 N–H and O–H groups in total. The van der Waals surface area contributed by atoms with E-state index in [0.717, 1.165) is 16.7 Å². The number of carbonyl (C=O) groups excluding carboxylic acids is 1. The van der Waals surface area contributed by atoms with Crippen molar-refractivity contribution in [3.8, 4) is 11.5 Å². The number of benzene rings is 5. The number of halogens is 1. The maximum Gasteiger partial charge on any atom is 0.338 e. The van der Waals surface area contributed by atoms with Crippen molar-refractivity contribution in [2.75, 3.05) is 19.7 Å². The van der Waals surface area contributed by atoms with E-state index in [1.54, 1.807) is 67.6 Å². The fourth-order valence-electron chi connectivity index (χ4n) is 5.11. The zero-order valence-corrected chi connectivity index (χ0v) is 27.5. The van der Waals surface area contributed by atoms with Crippen LogP contribution in [-0.2, 0) is 27.5 Å². The minimum absolute atomic E-state index is 0.106. The largest absolute Gasteiger partial charge is 0.462 e. The summed E-state index contributed by atoms with van der Waals surface area (Å²) in [6.07, 6.45) is -0.0538. The lowest BCUT2D eigenvalue weighted by Crippen LogP contribution is -2.30. The van der Waals surface area contributed by atoms with Crippen molar-refractivity contribution in [2.24, 2.45) is 0 Å². The summed E-state index contributed by atoms with van der Waals surface area (Å²) in [5.74, 6) is 0.388. The second-order valence-corrected chi connectivity index (χ2v) is 13.4. The molecule has 0 heterocycles. The molecule has 5 aromatic rings. The van der Waals surface area contributed by atoms with Gasteiger partial charge in [-0.25, -0.2) is 13.2 Å². The number of hydrogen-bond acceptors (Lipinski definition) is 7. The predicted molar refractivity (Wildman–Crippen MR) is 183 cm³/mol. The molecule has 1 atom stereocenters. The fourth-order valence-corrected chi connectivity index (χ4v) is 6.61. The van der Waals surface area contributed by atoms with Crippen molar-refractivity contribution < 1.29 is 27.8 Å². The number of rotatable bonds is 14. The zero-order valence-electron chi connectivity index (χ0n) is 26.0. The second-order valence-electron chi connectivity index (χ2n) is 11.0. The van der Waals surface area contributed by atoms with Gasteiger partial charge in [-0.1, -0.05) is 72.3 Å². The molecule has 0 fully saturated rings. The lowest BCUT2D eigenvalue weighted by atomic mass is 10.1. The van der Waals surface area contributed by atoms with Gasteiger partial charge in [0.15, 0.2) is 0 Å². The lowest BCUT2D eigenvalue weighted by Gasteiger charge is -2.25. The average Bonchev–Trinajstić information content (AvgIpc) is 3.08. The standard InChI is InChI=1S/C38H36ClNO6S/c1-2-45-38(42)30-16-18-33(19-17-30)46-34-12-7-13-36(25-34)47(43,44)35-20-14-28(15-21-35)22-23-40(26-29-8-4-3-5-9-29)27-37(41)31-10-6-11-32(39)24-31/h3-21,24-25,37,41H,2,22-23,26-27H2,1H3. The van der Waals surface area contributed by atoms with Crippen LogP contribution in [0, 0.1) is 0 Å². The number of esters is 1. The van der Waals surface area contributed by atoms with E-state index < -0.39 is 21.9 Å². The van der Waals surface area contributed by atoms with Crippen LogP contribution in [0.25, 0.3) is 0 Å². The number of hydrogen-bond donors (Lipinski definition) is 1. The first kappa shape index (κ1) is 33.9. The normalized spacial score (nSPS) is 12.1. The summed E-state index contributed by atoms with van der Waals surface area (Å²) in [6, 6.07) is 37.0. The molecule has 242 valence electrons. The summed E-state index contributed by atoms with van der Waals surface area (Å²) in [7, 11) is -3.81. The Balaban J connectivity index is 1.25. The highest BCUT2D eigenvalue weighted by Crippen LogP contribution is 2.28. The SMILES string of the molecule is CCOC(=O)c1ccc(Oc2cccc(S(=O)(=O)c3ccc(CCN(Cc4ccccc4)CC(O)c4cccc(Cl)c4)cc3)c2)cc1. The molecule has 5 aromatic carbocycles. The van der Waals surface area contributed by atoms with Gasteiger partial charge in [-0.2, -0.15) is 0 Å². The Morgan fingerprint density at radius 3 is 2.21 bits per heavy atom. The van der Waals surface area contributed by atoms with Crippen LogP contribution in [-0.4, -0.2) is 44.1 Å². The van der Waals surface area contributed by atoms with Crippen LogP contribution < -0.4 is 4.74 Å². The molecule has 0 aliphatic carbocycles. The number of sulfone groups is 1. The molecule has 0 bridgehead atoms. The highest BCUT2D eigenvalue weighted by molar-refractivity contribution is 7.91. The molecule has 7 nitrogen and oxygen atoms in total. The molecule has 0 spiro atoms. The van der Waals surface area contributed by atoms with E-state index in [9.17, 15) is 18.3 Å². The Bertz CT molecular complexity index is 1880. The van der Waals surface area contributed by atoms with Crippen LogP contribution in [0.3, 0.4) is 0 Å². The van der Waals surface area contributed by atoms with Gasteiger partial charge < -0.3 is 14.6 Å². The molecule has 0 saturated carbocycles. The van der Waals surface area contributed by atoms with Crippen molar-refractivity contribution in [3.63, 3.8) is 0 Å². The molecule has 0 aliphatic rings. The average molecular weight is 670 g/mol. The van der Waals surface area contributed by atoms with Crippen molar-refractivity contribution in [1.29, 1.82) is 0 Å². The number of ether oxygens (including phenoxy) is 2. The third-order valence-corrected chi connectivity index (χ3v) is 9.58. The summed E-state index contributed by atoms with van der Waals surface area (Å²) >= 11 is 6.16. The minimum atomic E-state index is -3.81. The summed E-state index contributed by atoms with van der Waals surface area (Å²) in [5.41, 5.74) is 3.26. The molecule has 1 unspecified atom stereocenters. The van der Waals surface area contributed by atoms with Crippen LogP contribution in [0.5, 0.6) is 11.5 Å². The predicted octanol–water partition coefficient (Wildman–Crippen LogP) is 7.92. The maximum absolute atomic E-state index is 13.5. The van der Waals surface area contributed by atoms with Gasteiger partial charge in [0, 0.05) is 24.7 Å². The molecule has 0 radical (unpaired) electrons. The third kappa shape index (κ3) is 9.30. The van der Waals surface area contributed by atoms with Crippen molar-refractivity contribution in [3.05, 3.63) is 155 Å². The van der Waals surface area contributed by atoms with E-state index in [1.807, 2.05) is 42.5 Å². The number of aliphatic hydroxyl groups is 1. The first-order valence-electron chi connectivity index (χ1n) is 15.3. The first-order chi connectivity index (χ1) is 22.7. The lowest BCUT2D eigenvalue weighted by molar-refractivity contribution is 0.0526. The summed E-state index contributed by atoms with van der Waals surface area (Å²) in [4.78, 5) is 14.4. The van der Waals surface area contributed by atoms with Gasteiger partial charge in [0.2, 0.25) is 9.84 Å². The molecule has 0 aliphatic heterocycles. The highest BCUT2D eigenvalue weighted by Gasteiger charge is 2.19. The van der Waals surface area contributed by atoms with E-state index >= 15 is 0 Å². The number of aliphatic hydroxyl groups excluding tert-OH is 1. The number of nitrogens with zero attached hydrogens (tertiary/aromatic N) is 1. The van der Waals surface area contributed by atoms with Gasteiger partial charge >= 0.3 is 5.97 Å². The Labute approximate surface area is 280 Å². The van der Waals surface area contributed by atoms with Gasteiger partial charge in [0.25, 0.3) is 0 Å². The van der Waals surface area contributed by atoms with E-state index in [2.05, 4.69) is 17.0 Å². The van der Waals surface area contributed by atoms with Gasteiger partial charge in [0.05, 0.1) is 28.1 Å². The zero-order chi connectivity index (χ0) is 33.2. The first-order valence-corrected chi connectivity index (χ1v) is 17.2. The minimum Gasteiger partial charge on any atom is -0.462 e. The van der Waals surface area contributed by atoms with Gasteiger partial charge in [-0.3, -0.25) is 4.90 Å².